The van der Waals surface area contributed by atoms with Gasteiger partial charge < -0.3 is 9.72 Å². The summed E-state index contributed by atoms with van der Waals surface area (Å²) in [6.45, 7) is 3.34. The molecule has 1 N–H and O–H groups in total. The van der Waals surface area contributed by atoms with E-state index in [1.165, 1.54) is 11.3 Å². The lowest BCUT2D eigenvalue weighted by Crippen LogP contribution is -2.45. The van der Waals surface area contributed by atoms with E-state index in [0.29, 0.717) is 16.8 Å². The van der Waals surface area contributed by atoms with E-state index < -0.39 is 0 Å². The predicted octanol–water partition coefficient (Wildman–Crippen LogP) is 2.65. The van der Waals surface area contributed by atoms with Gasteiger partial charge in [-0.25, -0.2) is 0 Å². The molecule has 0 radical (unpaired) electrons. The fourth-order valence-corrected chi connectivity index (χ4v) is 3.77. The number of aromatic nitrogens is 2. The van der Waals surface area contributed by atoms with Crippen LogP contribution in [0.25, 0.3) is 10.2 Å². The van der Waals surface area contributed by atoms with Crippen molar-refractivity contribution in [3.63, 3.8) is 0 Å². The summed E-state index contributed by atoms with van der Waals surface area (Å²) in [6, 6.07) is 1.84. The van der Waals surface area contributed by atoms with E-state index in [2.05, 4.69) is 4.98 Å². The zero-order valence-corrected chi connectivity index (χ0v) is 11.7. The zero-order chi connectivity index (χ0) is 12.8. The summed E-state index contributed by atoms with van der Waals surface area (Å²) in [4.78, 5) is 16.5. The molecular formula is C12H14N2O2S2. The van der Waals surface area contributed by atoms with Gasteiger partial charge in [-0.05, 0) is 43.4 Å². The highest BCUT2D eigenvalue weighted by Crippen LogP contribution is 2.26. The summed E-state index contributed by atoms with van der Waals surface area (Å²) in [5.41, 5.74) is -0.345. The van der Waals surface area contributed by atoms with E-state index in [0.717, 1.165) is 24.3 Å². The number of rotatable bonds is 1. The molecule has 6 heteroatoms. The molecule has 4 nitrogen and oxygen atoms in total. The maximum atomic E-state index is 12.5. The first kappa shape index (κ1) is 12.1. The van der Waals surface area contributed by atoms with Crippen LogP contribution < -0.4 is 5.56 Å². The molecule has 3 rings (SSSR count). The second-order valence-corrected chi connectivity index (χ2v) is 6.19. The number of nitrogens with zero attached hydrogens (tertiary/aromatic N) is 1. The molecule has 18 heavy (non-hydrogen) atoms. The smallest absolute Gasteiger partial charge is 0.263 e. The molecule has 1 atom stereocenters. The number of fused-ring (bicyclic) bond motifs is 1. The maximum Gasteiger partial charge on any atom is 0.263 e. The SMILES string of the molecule is CC1(n2c(=S)[nH]c3sccc3c2=O)CCCOC1. The molecule has 0 amide bonds. The van der Waals surface area contributed by atoms with Gasteiger partial charge in [0.25, 0.3) is 5.56 Å². The van der Waals surface area contributed by atoms with E-state index >= 15 is 0 Å². The second kappa shape index (κ2) is 4.29. The number of nitrogens with one attached hydrogen (secondary N) is 1. The van der Waals surface area contributed by atoms with E-state index in [1.54, 1.807) is 4.57 Å². The van der Waals surface area contributed by atoms with Gasteiger partial charge in [-0.2, -0.15) is 0 Å². The third-order valence-corrected chi connectivity index (χ3v) is 4.59. The predicted molar refractivity (Wildman–Crippen MR) is 75.0 cm³/mol. The average molecular weight is 282 g/mol. The van der Waals surface area contributed by atoms with E-state index in [-0.39, 0.29) is 11.1 Å². The number of H-pyrrole nitrogens is 1. The Balaban J connectivity index is 2.28. The van der Waals surface area contributed by atoms with Gasteiger partial charge in [0.1, 0.15) is 4.83 Å². The first-order chi connectivity index (χ1) is 8.62. The first-order valence-electron chi connectivity index (χ1n) is 5.93. The van der Waals surface area contributed by atoms with Gasteiger partial charge in [0.15, 0.2) is 4.77 Å². The second-order valence-electron chi connectivity index (χ2n) is 4.89. The van der Waals surface area contributed by atoms with Crippen molar-refractivity contribution < 1.29 is 4.74 Å². The number of ether oxygens (including phenoxy) is 1. The lowest BCUT2D eigenvalue weighted by atomic mass is 9.94. The summed E-state index contributed by atoms with van der Waals surface area (Å²) >= 11 is 6.85. The Morgan fingerprint density at radius 2 is 2.44 bits per heavy atom. The highest BCUT2D eigenvalue weighted by atomic mass is 32.1. The van der Waals surface area contributed by atoms with Crippen molar-refractivity contribution in [2.45, 2.75) is 25.3 Å². The van der Waals surface area contributed by atoms with Crippen LogP contribution in [0.4, 0.5) is 0 Å². The minimum atomic E-state index is -0.334. The minimum Gasteiger partial charge on any atom is -0.379 e. The van der Waals surface area contributed by atoms with E-state index in [9.17, 15) is 4.79 Å². The Hall–Kier alpha value is -0.980. The van der Waals surface area contributed by atoms with Gasteiger partial charge in [-0.15, -0.1) is 11.3 Å². The standard InChI is InChI=1S/C12H14N2O2S2/c1-12(4-2-5-16-7-12)14-10(15)8-3-6-18-9(8)13-11(14)17/h3,6H,2,4-5,7H2,1H3,(H,13,17). The topological polar surface area (TPSA) is 47.0 Å². The van der Waals surface area contributed by atoms with Gasteiger partial charge in [-0.3, -0.25) is 9.36 Å². The molecule has 0 bridgehead atoms. The van der Waals surface area contributed by atoms with Crippen LogP contribution in [0.1, 0.15) is 19.8 Å². The quantitative estimate of drug-likeness (QED) is 0.818. The Kier molecular flexibility index (Phi) is 2.88. The van der Waals surface area contributed by atoms with Gasteiger partial charge >= 0.3 is 0 Å². The lowest BCUT2D eigenvalue weighted by molar-refractivity contribution is 0.00693. The Labute approximate surface area is 113 Å². The fraction of sp³-hybridized carbons (Fsp3) is 0.500. The van der Waals surface area contributed by atoms with Crippen LogP contribution in [0.5, 0.6) is 0 Å². The van der Waals surface area contributed by atoms with Crippen molar-refractivity contribution >= 4 is 33.8 Å². The summed E-state index contributed by atoms with van der Waals surface area (Å²) < 4.78 is 7.71. The van der Waals surface area contributed by atoms with Crippen LogP contribution in [-0.2, 0) is 10.3 Å². The van der Waals surface area contributed by atoms with Gasteiger partial charge in [-0.1, -0.05) is 0 Å². The van der Waals surface area contributed by atoms with E-state index in [4.69, 9.17) is 17.0 Å². The molecule has 1 fully saturated rings. The third-order valence-electron chi connectivity index (χ3n) is 3.48. The summed E-state index contributed by atoms with van der Waals surface area (Å²) in [5, 5.41) is 2.61. The summed E-state index contributed by atoms with van der Waals surface area (Å²) in [7, 11) is 0. The van der Waals surface area contributed by atoms with Crippen molar-refractivity contribution in [2.75, 3.05) is 13.2 Å². The maximum absolute atomic E-state index is 12.5. The molecule has 96 valence electrons. The highest BCUT2D eigenvalue weighted by Gasteiger charge is 2.32. The molecular weight excluding hydrogens is 268 g/mol. The van der Waals surface area contributed by atoms with Crippen molar-refractivity contribution in [2.24, 2.45) is 0 Å². The monoisotopic (exact) mass is 282 g/mol. The fourth-order valence-electron chi connectivity index (χ4n) is 2.53. The molecule has 2 aromatic rings. The van der Waals surface area contributed by atoms with Crippen LogP contribution in [0.2, 0.25) is 0 Å². The van der Waals surface area contributed by atoms with Crippen LogP contribution in [0, 0.1) is 4.77 Å². The molecule has 0 aromatic carbocycles. The highest BCUT2D eigenvalue weighted by molar-refractivity contribution is 7.71. The minimum absolute atomic E-state index is 0.0111. The normalized spacial score (nSPS) is 24.5. The first-order valence-corrected chi connectivity index (χ1v) is 7.21. The molecule has 2 aromatic heterocycles. The number of thiophene rings is 1. The Bertz CT molecular complexity index is 692. The molecule has 0 saturated carbocycles. The Morgan fingerprint density at radius 3 is 3.17 bits per heavy atom. The van der Waals surface area contributed by atoms with Crippen molar-refractivity contribution in [3.8, 4) is 0 Å². The molecule has 3 heterocycles. The summed E-state index contributed by atoms with van der Waals surface area (Å²) in [5.74, 6) is 0. The lowest BCUT2D eigenvalue weighted by Gasteiger charge is -2.35. The van der Waals surface area contributed by atoms with Crippen LogP contribution in [0.15, 0.2) is 16.2 Å². The molecule has 1 unspecified atom stereocenters. The van der Waals surface area contributed by atoms with Gasteiger partial charge in [0, 0.05) is 6.61 Å². The van der Waals surface area contributed by atoms with Crippen LogP contribution in [-0.4, -0.2) is 22.8 Å². The molecule has 0 spiro atoms. The van der Waals surface area contributed by atoms with Crippen LogP contribution in [0.3, 0.4) is 0 Å². The molecule has 1 aliphatic heterocycles. The van der Waals surface area contributed by atoms with Crippen molar-refractivity contribution in [1.82, 2.24) is 9.55 Å². The number of aromatic amines is 1. The average Bonchev–Trinajstić information content (AvgIpc) is 2.77. The number of hydrogen-bond donors (Lipinski definition) is 1. The van der Waals surface area contributed by atoms with Gasteiger partial charge in [0.05, 0.1) is 17.5 Å². The number of hydrogen-bond acceptors (Lipinski definition) is 4. The molecule has 1 aliphatic rings. The van der Waals surface area contributed by atoms with Crippen LogP contribution >= 0.6 is 23.6 Å². The summed E-state index contributed by atoms with van der Waals surface area (Å²) in [6.07, 6.45) is 1.87. The third kappa shape index (κ3) is 1.75. The van der Waals surface area contributed by atoms with Gasteiger partial charge in [0.2, 0.25) is 0 Å². The molecule has 1 saturated heterocycles. The largest absolute Gasteiger partial charge is 0.379 e. The van der Waals surface area contributed by atoms with E-state index in [1.807, 2.05) is 18.4 Å². The zero-order valence-electron chi connectivity index (χ0n) is 10.1. The van der Waals surface area contributed by atoms with Crippen molar-refractivity contribution in [1.29, 1.82) is 0 Å². The Morgan fingerprint density at radius 1 is 1.61 bits per heavy atom. The van der Waals surface area contributed by atoms with Crippen molar-refractivity contribution in [3.05, 3.63) is 26.6 Å². The molecule has 0 aliphatic carbocycles.